The van der Waals surface area contributed by atoms with Gasteiger partial charge in [0.2, 0.25) is 5.91 Å². The molecule has 0 spiro atoms. The van der Waals surface area contributed by atoms with Gasteiger partial charge in [-0.3, -0.25) is 4.79 Å². The molecule has 0 aliphatic carbocycles. The van der Waals surface area contributed by atoms with E-state index in [9.17, 15) is 4.79 Å². The van der Waals surface area contributed by atoms with Crippen molar-refractivity contribution in [3.05, 3.63) is 12.7 Å². The summed E-state index contributed by atoms with van der Waals surface area (Å²) in [6.07, 6.45) is 11.1. The second-order valence-corrected chi connectivity index (χ2v) is 5.10. The first-order chi connectivity index (χ1) is 8.66. The molecule has 1 amide bonds. The van der Waals surface area contributed by atoms with E-state index in [4.69, 9.17) is 0 Å². The molecule has 1 N–H and O–H groups in total. The zero-order valence-corrected chi connectivity index (χ0v) is 12.2. The SMILES string of the molecule is C=CCCCCCCCCC(=O)NCCN(C)C. The highest BCUT2D eigenvalue weighted by atomic mass is 16.1. The maximum absolute atomic E-state index is 11.5. The molecule has 0 saturated carbocycles. The van der Waals surface area contributed by atoms with Gasteiger partial charge in [0, 0.05) is 19.5 Å². The third kappa shape index (κ3) is 13.2. The molecule has 0 aliphatic heterocycles. The number of allylic oxidation sites excluding steroid dienone is 1. The van der Waals surface area contributed by atoms with Crippen LogP contribution in [-0.4, -0.2) is 38.0 Å². The predicted octanol–water partition coefficient (Wildman–Crippen LogP) is 2.97. The second-order valence-electron chi connectivity index (χ2n) is 5.10. The van der Waals surface area contributed by atoms with Crippen LogP contribution in [0.4, 0.5) is 0 Å². The fourth-order valence-electron chi connectivity index (χ4n) is 1.79. The number of rotatable bonds is 12. The molecule has 0 aromatic rings. The standard InChI is InChI=1S/C15H30N2O/c1-4-5-6-7-8-9-10-11-12-15(18)16-13-14-17(2)3/h4H,1,5-14H2,2-3H3,(H,16,18). The van der Waals surface area contributed by atoms with Gasteiger partial charge < -0.3 is 10.2 Å². The van der Waals surface area contributed by atoms with Crippen molar-refractivity contribution in [1.82, 2.24) is 10.2 Å². The summed E-state index contributed by atoms with van der Waals surface area (Å²) in [4.78, 5) is 13.5. The first-order valence-electron chi connectivity index (χ1n) is 7.19. The van der Waals surface area contributed by atoms with Crippen molar-refractivity contribution in [1.29, 1.82) is 0 Å². The topological polar surface area (TPSA) is 32.3 Å². The lowest BCUT2D eigenvalue weighted by Gasteiger charge is -2.10. The Morgan fingerprint density at radius 3 is 2.33 bits per heavy atom. The monoisotopic (exact) mass is 254 g/mol. The number of carbonyl (C=O) groups is 1. The summed E-state index contributed by atoms with van der Waals surface area (Å²) in [6, 6.07) is 0. The van der Waals surface area contributed by atoms with E-state index in [2.05, 4.69) is 16.8 Å². The fraction of sp³-hybridized carbons (Fsp3) is 0.800. The molecule has 18 heavy (non-hydrogen) atoms. The molecule has 0 atom stereocenters. The third-order valence-electron chi connectivity index (χ3n) is 2.94. The molecule has 0 aromatic carbocycles. The van der Waals surface area contributed by atoms with E-state index < -0.39 is 0 Å². The van der Waals surface area contributed by atoms with E-state index >= 15 is 0 Å². The van der Waals surface area contributed by atoms with E-state index in [1.165, 1.54) is 32.1 Å². The second kappa shape index (κ2) is 12.6. The van der Waals surface area contributed by atoms with Gasteiger partial charge in [-0.15, -0.1) is 6.58 Å². The highest BCUT2D eigenvalue weighted by molar-refractivity contribution is 5.75. The van der Waals surface area contributed by atoms with Crippen LogP contribution < -0.4 is 5.32 Å². The van der Waals surface area contributed by atoms with Crippen molar-refractivity contribution in [2.24, 2.45) is 0 Å². The number of unbranched alkanes of at least 4 members (excludes halogenated alkanes) is 6. The number of nitrogens with zero attached hydrogens (tertiary/aromatic N) is 1. The Labute approximate surface area is 113 Å². The summed E-state index contributed by atoms with van der Waals surface area (Å²) in [5, 5.41) is 2.94. The van der Waals surface area contributed by atoms with Crippen molar-refractivity contribution < 1.29 is 4.79 Å². The number of likely N-dealkylation sites (N-methyl/N-ethyl adjacent to an activating group) is 1. The largest absolute Gasteiger partial charge is 0.355 e. The van der Waals surface area contributed by atoms with Crippen LogP contribution in [0.1, 0.15) is 51.4 Å². The predicted molar refractivity (Wildman–Crippen MR) is 78.7 cm³/mol. The van der Waals surface area contributed by atoms with E-state index in [0.717, 1.165) is 25.9 Å². The smallest absolute Gasteiger partial charge is 0.220 e. The molecule has 3 heteroatoms. The lowest BCUT2D eigenvalue weighted by molar-refractivity contribution is -0.121. The molecule has 0 aromatic heterocycles. The molecule has 0 heterocycles. The quantitative estimate of drug-likeness (QED) is 0.429. The Hall–Kier alpha value is -0.830. The van der Waals surface area contributed by atoms with Gasteiger partial charge in [-0.1, -0.05) is 31.8 Å². The summed E-state index contributed by atoms with van der Waals surface area (Å²) < 4.78 is 0. The van der Waals surface area contributed by atoms with Gasteiger partial charge in [-0.2, -0.15) is 0 Å². The van der Waals surface area contributed by atoms with Crippen LogP contribution >= 0.6 is 0 Å². The Bertz CT molecular complexity index is 215. The van der Waals surface area contributed by atoms with Crippen LogP contribution in [0.25, 0.3) is 0 Å². The van der Waals surface area contributed by atoms with Crippen molar-refractivity contribution in [3.63, 3.8) is 0 Å². The summed E-state index contributed by atoms with van der Waals surface area (Å²) in [7, 11) is 4.02. The van der Waals surface area contributed by atoms with E-state index in [1.807, 2.05) is 20.2 Å². The zero-order valence-electron chi connectivity index (χ0n) is 12.2. The minimum atomic E-state index is 0.198. The first kappa shape index (κ1) is 17.2. The Kier molecular flexibility index (Phi) is 12.0. The summed E-state index contributed by atoms with van der Waals surface area (Å²) in [5.41, 5.74) is 0. The lowest BCUT2D eigenvalue weighted by Crippen LogP contribution is -2.31. The highest BCUT2D eigenvalue weighted by Crippen LogP contribution is 2.08. The number of hydrogen-bond acceptors (Lipinski definition) is 2. The average Bonchev–Trinajstić information content (AvgIpc) is 2.32. The van der Waals surface area contributed by atoms with E-state index in [0.29, 0.717) is 6.42 Å². The Morgan fingerprint density at radius 1 is 1.11 bits per heavy atom. The molecule has 0 radical (unpaired) electrons. The maximum atomic E-state index is 11.5. The number of carbonyl (C=O) groups excluding carboxylic acids is 1. The van der Waals surface area contributed by atoms with Gasteiger partial charge in [0.25, 0.3) is 0 Å². The van der Waals surface area contributed by atoms with Crippen molar-refractivity contribution >= 4 is 5.91 Å². The molecule has 0 aliphatic rings. The van der Waals surface area contributed by atoms with Gasteiger partial charge in [0.15, 0.2) is 0 Å². The average molecular weight is 254 g/mol. The van der Waals surface area contributed by atoms with Gasteiger partial charge in [-0.25, -0.2) is 0 Å². The normalized spacial score (nSPS) is 10.6. The minimum absolute atomic E-state index is 0.198. The van der Waals surface area contributed by atoms with Crippen LogP contribution in [0.2, 0.25) is 0 Å². The third-order valence-corrected chi connectivity index (χ3v) is 2.94. The van der Waals surface area contributed by atoms with Crippen LogP contribution in [0.5, 0.6) is 0 Å². The molecule has 0 fully saturated rings. The molecular formula is C15H30N2O. The molecular weight excluding hydrogens is 224 g/mol. The first-order valence-corrected chi connectivity index (χ1v) is 7.19. The number of hydrogen-bond donors (Lipinski definition) is 1. The molecule has 106 valence electrons. The molecule has 0 unspecified atom stereocenters. The van der Waals surface area contributed by atoms with Crippen LogP contribution in [0, 0.1) is 0 Å². The van der Waals surface area contributed by atoms with E-state index in [-0.39, 0.29) is 5.91 Å². The van der Waals surface area contributed by atoms with Crippen LogP contribution in [-0.2, 0) is 4.79 Å². The summed E-state index contributed by atoms with van der Waals surface area (Å²) >= 11 is 0. The molecule has 0 bridgehead atoms. The van der Waals surface area contributed by atoms with E-state index in [1.54, 1.807) is 0 Å². The number of amides is 1. The number of nitrogens with one attached hydrogen (secondary N) is 1. The Morgan fingerprint density at radius 2 is 1.72 bits per heavy atom. The van der Waals surface area contributed by atoms with Crippen molar-refractivity contribution in [3.8, 4) is 0 Å². The van der Waals surface area contributed by atoms with Crippen molar-refractivity contribution in [2.45, 2.75) is 51.4 Å². The zero-order chi connectivity index (χ0) is 13.6. The van der Waals surface area contributed by atoms with Gasteiger partial charge in [0.05, 0.1) is 0 Å². The van der Waals surface area contributed by atoms with Gasteiger partial charge >= 0.3 is 0 Å². The minimum Gasteiger partial charge on any atom is -0.355 e. The van der Waals surface area contributed by atoms with Gasteiger partial charge in [0.1, 0.15) is 0 Å². The Balaban J connectivity index is 3.17. The maximum Gasteiger partial charge on any atom is 0.220 e. The summed E-state index contributed by atoms with van der Waals surface area (Å²) in [6.45, 7) is 5.38. The van der Waals surface area contributed by atoms with Crippen LogP contribution in [0.3, 0.4) is 0 Å². The van der Waals surface area contributed by atoms with Gasteiger partial charge in [-0.05, 0) is 33.4 Å². The summed E-state index contributed by atoms with van der Waals surface area (Å²) in [5.74, 6) is 0.198. The van der Waals surface area contributed by atoms with Crippen molar-refractivity contribution in [2.75, 3.05) is 27.2 Å². The molecule has 0 saturated heterocycles. The fourth-order valence-corrected chi connectivity index (χ4v) is 1.79. The van der Waals surface area contributed by atoms with Crippen LogP contribution in [0.15, 0.2) is 12.7 Å². The molecule has 0 rings (SSSR count). The lowest BCUT2D eigenvalue weighted by atomic mass is 10.1. The molecule has 3 nitrogen and oxygen atoms in total. The highest BCUT2D eigenvalue weighted by Gasteiger charge is 2.00.